The lowest BCUT2D eigenvalue weighted by Crippen LogP contribution is -2.35. The summed E-state index contributed by atoms with van der Waals surface area (Å²) < 4.78 is 10.7. The summed E-state index contributed by atoms with van der Waals surface area (Å²) in [5, 5.41) is 0. The molecule has 1 rings (SSSR count). The van der Waals surface area contributed by atoms with Crippen LogP contribution in [0.15, 0.2) is 0 Å². The average Bonchev–Trinajstić information content (AvgIpc) is 1.85. The van der Waals surface area contributed by atoms with Gasteiger partial charge in [0, 0.05) is 0 Å². The van der Waals surface area contributed by atoms with Crippen LogP contribution in [-0.4, -0.2) is 24.8 Å². The molecule has 0 spiro atoms. The Labute approximate surface area is 66.7 Å². The number of hydrogen-bond donors (Lipinski definition) is 0. The molecule has 0 aromatic heterocycles. The Morgan fingerprint density at radius 1 is 1.36 bits per heavy atom. The second-order valence-electron chi connectivity index (χ2n) is 2.96. The van der Waals surface area contributed by atoms with Crippen molar-refractivity contribution in [3.8, 4) is 0 Å². The minimum absolute atomic E-state index is 0.212. The molecule has 0 unspecified atom stereocenters. The largest absolute Gasteiger partial charge is 0.349 e. The second kappa shape index (κ2) is 3.83. The van der Waals surface area contributed by atoms with Crippen molar-refractivity contribution in [2.75, 3.05) is 0 Å². The van der Waals surface area contributed by atoms with Crippen LogP contribution in [0.5, 0.6) is 0 Å². The van der Waals surface area contributed by atoms with Crippen molar-refractivity contribution in [1.82, 2.24) is 0 Å². The molecule has 1 aliphatic heterocycles. The number of ether oxygens (including phenoxy) is 2. The van der Waals surface area contributed by atoms with Gasteiger partial charge < -0.3 is 14.3 Å². The Hall–Kier alpha value is -0.410. The molecule has 1 aliphatic rings. The van der Waals surface area contributed by atoms with E-state index in [0.29, 0.717) is 6.42 Å². The highest BCUT2D eigenvalue weighted by molar-refractivity contribution is 5.49. The lowest BCUT2D eigenvalue weighted by molar-refractivity contribution is -0.232. The van der Waals surface area contributed by atoms with E-state index in [4.69, 9.17) is 9.47 Å². The molecule has 0 N–H and O–H groups in total. The Balaban J connectivity index is 2.36. The number of hydrogen-bond acceptors (Lipinski definition) is 3. The second-order valence-corrected chi connectivity index (χ2v) is 2.96. The van der Waals surface area contributed by atoms with Crippen LogP contribution in [0.2, 0.25) is 0 Å². The van der Waals surface area contributed by atoms with Gasteiger partial charge in [0.1, 0.15) is 6.29 Å². The molecule has 11 heavy (non-hydrogen) atoms. The molecular formula is C8H14O3. The summed E-state index contributed by atoms with van der Waals surface area (Å²) in [7, 11) is 0. The van der Waals surface area contributed by atoms with Crippen molar-refractivity contribution in [3.05, 3.63) is 0 Å². The van der Waals surface area contributed by atoms with E-state index in [0.717, 1.165) is 12.7 Å². The van der Waals surface area contributed by atoms with Crippen molar-refractivity contribution >= 4 is 6.29 Å². The highest BCUT2D eigenvalue weighted by atomic mass is 16.7. The summed E-state index contributed by atoms with van der Waals surface area (Å²) in [5.41, 5.74) is 0. The molecule has 0 amide bonds. The maximum absolute atomic E-state index is 10.1. The third-order valence-electron chi connectivity index (χ3n) is 1.72. The maximum atomic E-state index is 10.1. The highest BCUT2D eigenvalue weighted by Gasteiger charge is 2.23. The minimum atomic E-state index is -0.314. The van der Waals surface area contributed by atoms with Gasteiger partial charge in [0.2, 0.25) is 0 Å². The highest BCUT2D eigenvalue weighted by Crippen LogP contribution is 2.18. The van der Waals surface area contributed by atoms with E-state index in [2.05, 4.69) is 0 Å². The van der Waals surface area contributed by atoms with E-state index in [9.17, 15) is 4.79 Å². The van der Waals surface area contributed by atoms with E-state index in [1.807, 2.05) is 13.8 Å². The molecule has 3 heteroatoms. The zero-order chi connectivity index (χ0) is 8.27. The molecule has 0 bridgehead atoms. The molecule has 0 radical (unpaired) electrons. The van der Waals surface area contributed by atoms with Gasteiger partial charge in [0.25, 0.3) is 0 Å². The third-order valence-corrected chi connectivity index (χ3v) is 1.72. The molecule has 0 aromatic rings. The van der Waals surface area contributed by atoms with Gasteiger partial charge in [-0.15, -0.1) is 0 Å². The zero-order valence-electron chi connectivity index (χ0n) is 6.95. The fourth-order valence-corrected chi connectivity index (χ4v) is 1.32. The van der Waals surface area contributed by atoms with E-state index in [-0.39, 0.29) is 18.5 Å². The fraction of sp³-hybridized carbons (Fsp3) is 0.875. The van der Waals surface area contributed by atoms with Gasteiger partial charge in [0.15, 0.2) is 6.29 Å². The summed E-state index contributed by atoms with van der Waals surface area (Å²) >= 11 is 0. The predicted octanol–water partition coefficient (Wildman–Crippen LogP) is 1.12. The van der Waals surface area contributed by atoms with Gasteiger partial charge >= 0.3 is 0 Å². The number of carbonyl (C=O) groups is 1. The van der Waals surface area contributed by atoms with Gasteiger partial charge in [-0.25, -0.2) is 0 Å². The average molecular weight is 158 g/mol. The van der Waals surface area contributed by atoms with Gasteiger partial charge in [-0.05, 0) is 20.3 Å². The normalized spacial score (nSPS) is 38.5. The van der Waals surface area contributed by atoms with Gasteiger partial charge in [-0.3, -0.25) is 0 Å². The summed E-state index contributed by atoms with van der Waals surface area (Å²) in [6.45, 7) is 3.99. The molecule has 0 aromatic carbocycles. The SMILES string of the molecule is C[C@@H]1C[C@@H](C)OC(CC=O)O1. The lowest BCUT2D eigenvalue weighted by Gasteiger charge is -2.31. The first-order chi connectivity index (χ1) is 5.22. The van der Waals surface area contributed by atoms with E-state index in [1.54, 1.807) is 0 Å². The number of aldehydes is 1. The maximum Gasteiger partial charge on any atom is 0.164 e. The molecular weight excluding hydrogens is 144 g/mol. The molecule has 0 aliphatic carbocycles. The summed E-state index contributed by atoms with van der Waals surface area (Å²) in [5.74, 6) is 0. The van der Waals surface area contributed by atoms with Crippen molar-refractivity contribution in [3.63, 3.8) is 0 Å². The predicted molar refractivity (Wildman–Crippen MR) is 40.2 cm³/mol. The van der Waals surface area contributed by atoms with Crippen LogP contribution in [0, 0.1) is 0 Å². The smallest absolute Gasteiger partial charge is 0.164 e. The zero-order valence-corrected chi connectivity index (χ0v) is 6.95. The summed E-state index contributed by atoms with van der Waals surface area (Å²) in [6, 6.07) is 0. The first-order valence-corrected chi connectivity index (χ1v) is 3.97. The van der Waals surface area contributed by atoms with Crippen molar-refractivity contribution < 1.29 is 14.3 Å². The van der Waals surface area contributed by atoms with Crippen LogP contribution in [0.4, 0.5) is 0 Å². The molecule has 3 nitrogen and oxygen atoms in total. The molecule has 1 saturated heterocycles. The third kappa shape index (κ3) is 2.60. The summed E-state index contributed by atoms with van der Waals surface area (Å²) in [4.78, 5) is 10.1. The Morgan fingerprint density at radius 3 is 2.36 bits per heavy atom. The Kier molecular flexibility index (Phi) is 3.02. The standard InChI is InChI=1S/C8H14O3/c1-6-5-7(2)11-8(10-6)3-4-9/h4,6-8H,3,5H2,1-2H3/t6-,7-/m1/s1. The quantitative estimate of drug-likeness (QED) is 0.565. The van der Waals surface area contributed by atoms with Gasteiger partial charge in [0.05, 0.1) is 18.6 Å². The van der Waals surface area contributed by atoms with E-state index < -0.39 is 0 Å². The minimum Gasteiger partial charge on any atom is -0.349 e. The molecule has 0 saturated carbocycles. The lowest BCUT2D eigenvalue weighted by atomic mass is 10.2. The van der Waals surface area contributed by atoms with Crippen LogP contribution >= 0.6 is 0 Å². The van der Waals surface area contributed by atoms with Crippen LogP contribution in [0.25, 0.3) is 0 Å². The van der Waals surface area contributed by atoms with Crippen molar-refractivity contribution in [1.29, 1.82) is 0 Å². The van der Waals surface area contributed by atoms with E-state index in [1.165, 1.54) is 0 Å². The molecule has 64 valence electrons. The van der Waals surface area contributed by atoms with Crippen LogP contribution in [-0.2, 0) is 14.3 Å². The van der Waals surface area contributed by atoms with Crippen molar-refractivity contribution in [2.45, 2.75) is 45.2 Å². The van der Waals surface area contributed by atoms with Crippen LogP contribution in [0.1, 0.15) is 26.7 Å². The fourth-order valence-electron chi connectivity index (χ4n) is 1.32. The van der Waals surface area contributed by atoms with Gasteiger partial charge in [-0.2, -0.15) is 0 Å². The molecule has 1 fully saturated rings. The van der Waals surface area contributed by atoms with Crippen LogP contribution < -0.4 is 0 Å². The summed E-state index contributed by atoms with van der Waals surface area (Å²) in [6.07, 6.45) is 2.19. The Bertz CT molecular complexity index is 125. The Morgan fingerprint density at radius 2 is 1.91 bits per heavy atom. The van der Waals surface area contributed by atoms with Gasteiger partial charge in [-0.1, -0.05) is 0 Å². The van der Waals surface area contributed by atoms with Crippen molar-refractivity contribution in [2.24, 2.45) is 0 Å². The molecule has 1 heterocycles. The monoisotopic (exact) mass is 158 g/mol. The molecule has 2 atom stereocenters. The first kappa shape index (κ1) is 8.68. The van der Waals surface area contributed by atoms with Crippen LogP contribution in [0.3, 0.4) is 0 Å². The topological polar surface area (TPSA) is 35.5 Å². The number of carbonyl (C=O) groups excluding carboxylic acids is 1. The number of rotatable bonds is 2. The van der Waals surface area contributed by atoms with E-state index >= 15 is 0 Å². The first-order valence-electron chi connectivity index (χ1n) is 3.97.